The van der Waals surface area contributed by atoms with Gasteiger partial charge in [0, 0.05) is 29.7 Å². The molecule has 2 aliphatic rings. The summed E-state index contributed by atoms with van der Waals surface area (Å²) in [6.45, 7) is 3.94. The second-order valence-electron chi connectivity index (χ2n) is 6.50. The fourth-order valence-electron chi connectivity index (χ4n) is 4.03. The van der Waals surface area contributed by atoms with Gasteiger partial charge in [-0.1, -0.05) is 19.4 Å². The van der Waals surface area contributed by atoms with Crippen molar-refractivity contribution in [2.45, 2.75) is 50.3 Å². The molecule has 1 heterocycles. The molecule has 6 heteroatoms. The van der Waals surface area contributed by atoms with Crippen LogP contribution < -0.4 is 5.32 Å². The predicted octanol–water partition coefficient (Wildman–Crippen LogP) is 2.28. The Bertz CT molecular complexity index is 555. The fraction of sp³-hybridized carbons (Fsp3) is 0.800. The van der Waals surface area contributed by atoms with Gasteiger partial charge in [0.25, 0.3) is 0 Å². The molecule has 21 heavy (non-hydrogen) atoms. The number of alkyl halides is 1. The fourth-order valence-corrected chi connectivity index (χ4v) is 6.78. The average molecular weight is 334 g/mol. The van der Waals surface area contributed by atoms with Crippen LogP contribution in [0.3, 0.4) is 0 Å². The molecule has 1 unspecified atom stereocenters. The number of carbonyl (C=O) groups excluding carboxylic acids is 1. The van der Waals surface area contributed by atoms with Gasteiger partial charge in [-0.2, -0.15) is 0 Å². The van der Waals surface area contributed by atoms with Crippen LogP contribution in [0.5, 0.6) is 0 Å². The highest BCUT2D eigenvalue weighted by Gasteiger charge is 2.63. The zero-order valence-electron chi connectivity index (χ0n) is 12.9. The molecule has 0 aromatic rings. The van der Waals surface area contributed by atoms with E-state index in [0.717, 1.165) is 5.57 Å². The van der Waals surface area contributed by atoms with Crippen molar-refractivity contribution < 1.29 is 13.2 Å². The number of fused-ring (bicyclic) bond motifs is 1. The van der Waals surface area contributed by atoms with Gasteiger partial charge in [0.2, 0.25) is 0 Å². The van der Waals surface area contributed by atoms with Crippen molar-refractivity contribution in [1.82, 2.24) is 5.32 Å². The summed E-state index contributed by atoms with van der Waals surface area (Å²) < 4.78 is 24.4. The number of hydrogen-bond donors (Lipinski definition) is 1. The van der Waals surface area contributed by atoms with Gasteiger partial charge in [-0.15, -0.1) is 11.6 Å². The van der Waals surface area contributed by atoms with Crippen molar-refractivity contribution >= 4 is 27.2 Å². The molecule has 1 fully saturated rings. The first-order chi connectivity index (χ1) is 9.80. The molecular weight excluding hydrogens is 310 g/mol. The van der Waals surface area contributed by atoms with Crippen LogP contribution in [0, 0.1) is 11.8 Å². The third-order valence-electron chi connectivity index (χ3n) is 4.74. The van der Waals surface area contributed by atoms with Crippen molar-refractivity contribution in [3.63, 3.8) is 0 Å². The van der Waals surface area contributed by atoms with E-state index in [0.29, 0.717) is 31.6 Å². The molecular formula is C15H24ClNO3S. The Hall–Kier alpha value is -0.390. The van der Waals surface area contributed by atoms with Crippen molar-refractivity contribution in [2.24, 2.45) is 11.8 Å². The summed E-state index contributed by atoms with van der Waals surface area (Å²) >= 11 is 5.84. The molecule has 0 aromatic heterocycles. The van der Waals surface area contributed by atoms with Gasteiger partial charge >= 0.3 is 0 Å². The van der Waals surface area contributed by atoms with Crippen LogP contribution in [0.15, 0.2) is 11.0 Å². The first kappa shape index (κ1) is 17.0. The van der Waals surface area contributed by atoms with Crippen molar-refractivity contribution in [3.05, 3.63) is 11.0 Å². The third kappa shape index (κ3) is 2.57. The molecule has 3 atom stereocenters. The smallest absolute Gasteiger partial charge is 0.185 e. The van der Waals surface area contributed by atoms with Gasteiger partial charge in [0.1, 0.15) is 4.75 Å². The molecule has 1 aliphatic heterocycles. The van der Waals surface area contributed by atoms with E-state index in [1.807, 2.05) is 20.9 Å². The van der Waals surface area contributed by atoms with Crippen molar-refractivity contribution in [1.29, 1.82) is 0 Å². The summed E-state index contributed by atoms with van der Waals surface area (Å²) in [6, 6.07) is 0.0215. The second-order valence-corrected chi connectivity index (χ2v) is 8.93. The maximum absolute atomic E-state index is 12.8. The summed E-state index contributed by atoms with van der Waals surface area (Å²) in [5, 5.41) is 4.56. The summed E-state index contributed by atoms with van der Waals surface area (Å²) in [5.74, 6) is 0.134. The molecule has 0 aromatic carbocycles. The molecule has 120 valence electrons. The Morgan fingerprint density at radius 2 is 2.14 bits per heavy atom. The quantitative estimate of drug-likeness (QED) is 0.784. The van der Waals surface area contributed by atoms with Gasteiger partial charge in [0.05, 0.1) is 0 Å². The van der Waals surface area contributed by atoms with E-state index >= 15 is 0 Å². The first-order valence-electron chi connectivity index (χ1n) is 7.51. The molecule has 0 saturated heterocycles. The molecule has 0 amide bonds. The van der Waals surface area contributed by atoms with Crippen LogP contribution in [-0.4, -0.2) is 37.9 Å². The van der Waals surface area contributed by atoms with E-state index in [1.54, 1.807) is 0 Å². The monoisotopic (exact) mass is 333 g/mol. The van der Waals surface area contributed by atoms with E-state index in [4.69, 9.17) is 11.6 Å². The maximum Gasteiger partial charge on any atom is 0.185 e. The number of halogens is 1. The number of hydrogen-bond acceptors (Lipinski definition) is 4. The molecule has 2 rings (SSSR count). The predicted molar refractivity (Wildman–Crippen MR) is 85.1 cm³/mol. The molecule has 0 bridgehead atoms. The lowest BCUT2D eigenvalue weighted by Crippen LogP contribution is -2.59. The van der Waals surface area contributed by atoms with Crippen molar-refractivity contribution in [3.8, 4) is 0 Å². The number of ketones is 1. The third-order valence-corrected chi connectivity index (χ3v) is 7.20. The summed E-state index contributed by atoms with van der Waals surface area (Å²) in [6.07, 6.45) is 1.93. The Morgan fingerprint density at radius 3 is 2.67 bits per heavy atom. The van der Waals surface area contributed by atoms with E-state index in [-0.39, 0.29) is 23.7 Å². The van der Waals surface area contributed by atoms with Crippen LogP contribution in [0.25, 0.3) is 0 Å². The SMILES string of the molecule is CNC1CCC(=O)[C@@]2(CC(C)C)[C@@H]1C(CCCl)=CS2(=O)=O. The van der Waals surface area contributed by atoms with E-state index in [9.17, 15) is 13.2 Å². The van der Waals surface area contributed by atoms with Gasteiger partial charge in [-0.25, -0.2) is 8.42 Å². The highest BCUT2D eigenvalue weighted by atomic mass is 35.5. The number of rotatable bonds is 5. The minimum atomic E-state index is -3.58. The summed E-state index contributed by atoms with van der Waals surface area (Å²) in [7, 11) is -1.74. The molecule has 4 nitrogen and oxygen atoms in total. The molecule has 1 aliphatic carbocycles. The maximum atomic E-state index is 12.8. The van der Waals surface area contributed by atoms with Crippen LogP contribution in [-0.2, 0) is 14.6 Å². The average Bonchev–Trinajstić information content (AvgIpc) is 2.60. The highest BCUT2D eigenvalue weighted by Crippen LogP contribution is 2.51. The first-order valence-corrected chi connectivity index (χ1v) is 9.60. The molecule has 1 saturated carbocycles. The Morgan fingerprint density at radius 1 is 1.48 bits per heavy atom. The lowest BCUT2D eigenvalue weighted by atomic mass is 9.68. The minimum Gasteiger partial charge on any atom is -0.316 e. The summed E-state index contributed by atoms with van der Waals surface area (Å²) in [4.78, 5) is 12.7. The number of carbonyl (C=O) groups is 1. The van der Waals surface area contributed by atoms with E-state index < -0.39 is 14.6 Å². The van der Waals surface area contributed by atoms with E-state index in [2.05, 4.69) is 5.32 Å². The summed E-state index contributed by atoms with van der Waals surface area (Å²) in [5.41, 5.74) is 0.818. The molecule has 0 radical (unpaired) electrons. The largest absolute Gasteiger partial charge is 0.316 e. The number of sulfone groups is 1. The lowest BCUT2D eigenvalue weighted by Gasteiger charge is -2.43. The lowest BCUT2D eigenvalue weighted by molar-refractivity contribution is -0.125. The van der Waals surface area contributed by atoms with Crippen LogP contribution in [0.2, 0.25) is 0 Å². The van der Waals surface area contributed by atoms with Gasteiger partial charge in [-0.3, -0.25) is 4.79 Å². The number of Topliss-reactive ketones (excluding diaryl/α,β-unsaturated/α-hetero) is 1. The second kappa shape index (κ2) is 6.01. The Labute approximate surface area is 132 Å². The van der Waals surface area contributed by atoms with Crippen LogP contribution >= 0.6 is 11.6 Å². The number of nitrogens with one attached hydrogen (secondary N) is 1. The Balaban J connectivity index is 2.59. The van der Waals surface area contributed by atoms with Gasteiger partial charge < -0.3 is 5.32 Å². The van der Waals surface area contributed by atoms with Crippen LogP contribution in [0.4, 0.5) is 0 Å². The highest BCUT2D eigenvalue weighted by molar-refractivity contribution is 7.96. The topological polar surface area (TPSA) is 63.2 Å². The standard InChI is InChI=1S/C15H24ClNO3S/c1-10(2)8-15-13(18)5-4-12(17-3)14(15)11(6-7-16)9-21(15,19)20/h9-10,12,14,17H,4-8H2,1-3H3/t12?,14-,15+/m1/s1. The van der Waals surface area contributed by atoms with Gasteiger partial charge in [-0.05, 0) is 32.2 Å². The molecule has 1 N–H and O–H groups in total. The van der Waals surface area contributed by atoms with Crippen LogP contribution in [0.1, 0.15) is 39.5 Å². The van der Waals surface area contributed by atoms with Gasteiger partial charge in [0.15, 0.2) is 15.6 Å². The molecule has 0 spiro atoms. The zero-order valence-corrected chi connectivity index (χ0v) is 14.4. The Kier molecular flexibility index (Phi) is 4.86. The van der Waals surface area contributed by atoms with E-state index in [1.165, 1.54) is 5.41 Å². The normalized spacial score (nSPS) is 34.9. The minimum absolute atomic E-state index is 0.0215. The zero-order chi connectivity index (χ0) is 15.8. The van der Waals surface area contributed by atoms with Crippen molar-refractivity contribution in [2.75, 3.05) is 12.9 Å².